The second-order valence-corrected chi connectivity index (χ2v) is 11.5. The fourth-order valence-corrected chi connectivity index (χ4v) is 7.98. The third-order valence-electron chi connectivity index (χ3n) is 9.75. The number of methoxy groups -OCH3 is 1. The van der Waals surface area contributed by atoms with Gasteiger partial charge in [0.25, 0.3) is 0 Å². The van der Waals surface area contributed by atoms with Crippen LogP contribution in [-0.4, -0.2) is 54.9 Å². The molecule has 0 bridgehead atoms. The normalized spacial score (nSPS) is 30.0. The lowest BCUT2D eigenvalue weighted by Gasteiger charge is -2.57. The van der Waals surface area contributed by atoms with Crippen molar-refractivity contribution in [3.8, 4) is 17.2 Å². The van der Waals surface area contributed by atoms with Gasteiger partial charge in [-0.25, -0.2) is 0 Å². The van der Waals surface area contributed by atoms with Crippen molar-refractivity contribution in [2.24, 2.45) is 11.8 Å². The number of hydrogen-bond acceptors (Lipinski definition) is 6. The predicted molar refractivity (Wildman–Crippen MR) is 145 cm³/mol. The first-order valence-corrected chi connectivity index (χ1v) is 13.5. The molecular weight excluding hydrogens is 478 g/mol. The number of likely N-dealkylation sites (N-methyl/N-ethyl adjacent to an activating group) is 1. The molecule has 3 aromatic rings. The number of likely N-dealkylation sites (tertiary alicyclic amines) is 1. The Morgan fingerprint density at radius 3 is 2.79 bits per heavy atom. The second kappa shape index (κ2) is 8.32. The lowest BCUT2D eigenvalue weighted by atomic mass is 9.45. The van der Waals surface area contributed by atoms with Crippen LogP contribution in [0.1, 0.15) is 36.0 Å². The molecule has 1 spiro atoms. The van der Waals surface area contributed by atoms with Crippen LogP contribution in [-0.2, 0) is 16.6 Å². The number of aliphatic hydroxyl groups is 1. The van der Waals surface area contributed by atoms with Gasteiger partial charge in [0.15, 0.2) is 11.5 Å². The minimum Gasteiger partial charge on any atom is -0.497 e. The highest BCUT2D eigenvalue weighted by molar-refractivity contribution is 5.87. The van der Waals surface area contributed by atoms with Crippen LogP contribution in [0.3, 0.4) is 0 Å². The Balaban J connectivity index is 1.22. The lowest BCUT2D eigenvalue weighted by Crippen LogP contribution is -2.64. The number of carbonyl (C=O) groups excluding carboxylic acids is 1. The zero-order valence-electron chi connectivity index (χ0n) is 22.0. The molecule has 1 saturated heterocycles. The summed E-state index contributed by atoms with van der Waals surface area (Å²) in [5, 5.41) is 13.1. The number of fused-ring (bicyclic) bond motifs is 1. The number of benzene rings is 3. The van der Waals surface area contributed by atoms with Crippen LogP contribution in [0.2, 0.25) is 0 Å². The summed E-state index contributed by atoms with van der Waals surface area (Å²) in [6.45, 7) is 6.80. The Bertz CT molecular complexity index is 1480. The maximum absolute atomic E-state index is 13.4. The highest BCUT2D eigenvalue weighted by Crippen LogP contribution is 2.69. The number of nitrogens with zero attached hydrogens (tertiary/aromatic N) is 1. The van der Waals surface area contributed by atoms with E-state index < -0.39 is 18.1 Å². The van der Waals surface area contributed by atoms with Gasteiger partial charge in [0.05, 0.1) is 13.0 Å². The highest BCUT2D eigenvalue weighted by atomic mass is 16.6. The predicted octanol–water partition coefficient (Wildman–Crippen LogP) is 4.61. The molecule has 2 aliphatic carbocycles. The molecule has 7 rings (SSSR count). The van der Waals surface area contributed by atoms with Crippen molar-refractivity contribution < 1.29 is 24.1 Å². The van der Waals surface area contributed by atoms with Crippen molar-refractivity contribution in [1.29, 1.82) is 0 Å². The van der Waals surface area contributed by atoms with Crippen molar-refractivity contribution in [3.05, 3.63) is 77.9 Å². The Kier molecular flexibility index (Phi) is 5.20. The summed E-state index contributed by atoms with van der Waals surface area (Å²) in [5.74, 6) is 2.11. The first-order chi connectivity index (χ1) is 18.3. The van der Waals surface area contributed by atoms with E-state index in [0.29, 0.717) is 29.4 Å². The fraction of sp³-hybridized carbons (Fsp3) is 0.406. The van der Waals surface area contributed by atoms with E-state index in [-0.39, 0.29) is 11.4 Å². The maximum Gasteiger partial charge on any atom is 0.318 e. The minimum atomic E-state index is -0.792. The third kappa shape index (κ3) is 3.10. The lowest BCUT2D eigenvalue weighted by molar-refractivity contribution is -0.135. The second-order valence-electron chi connectivity index (χ2n) is 11.5. The summed E-state index contributed by atoms with van der Waals surface area (Å²) in [6.07, 6.45) is 2.29. The van der Waals surface area contributed by atoms with Crippen LogP contribution < -0.4 is 14.2 Å². The van der Waals surface area contributed by atoms with E-state index in [9.17, 15) is 9.90 Å². The Labute approximate surface area is 222 Å². The molecular formula is C32H33NO5. The quantitative estimate of drug-likeness (QED) is 0.296. The molecule has 38 heavy (non-hydrogen) atoms. The van der Waals surface area contributed by atoms with Crippen molar-refractivity contribution >= 4 is 16.7 Å². The van der Waals surface area contributed by atoms with Gasteiger partial charge in [-0.15, -0.1) is 6.58 Å². The monoisotopic (exact) mass is 511 g/mol. The van der Waals surface area contributed by atoms with E-state index in [1.807, 2.05) is 49.4 Å². The van der Waals surface area contributed by atoms with Gasteiger partial charge < -0.3 is 24.2 Å². The van der Waals surface area contributed by atoms with Crippen LogP contribution >= 0.6 is 0 Å². The molecule has 4 aliphatic rings. The largest absolute Gasteiger partial charge is 0.497 e. The number of carbonyl (C=O) groups is 1. The van der Waals surface area contributed by atoms with E-state index in [4.69, 9.17) is 14.2 Å². The number of esters is 1. The van der Waals surface area contributed by atoms with Crippen molar-refractivity contribution in [3.63, 3.8) is 0 Å². The smallest absolute Gasteiger partial charge is 0.318 e. The average molecular weight is 512 g/mol. The molecule has 1 saturated carbocycles. The first kappa shape index (κ1) is 23.7. The van der Waals surface area contributed by atoms with Crippen LogP contribution in [0.4, 0.5) is 0 Å². The topological polar surface area (TPSA) is 68.2 Å². The average Bonchev–Trinajstić information content (AvgIpc) is 3.43. The SMILES string of the molecule is C=C[C@H](O)[C@@H]1Oc2c(OC(=O)C(C)c3ccc4cc(OC)ccc4c3)ccc3c2[C@@]12CC1CN(C)[C@H](C3)[C@H]12. The number of ether oxygens (including phenoxy) is 3. The molecule has 196 valence electrons. The molecule has 0 amide bonds. The van der Waals surface area contributed by atoms with Gasteiger partial charge in [0.1, 0.15) is 18.0 Å². The van der Waals surface area contributed by atoms with Crippen LogP contribution in [0, 0.1) is 11.8 Å². The van der Waals surface area contributed by atoms with Gasteiger partial charge in [-0.05, 0) is 78.7 Å². The molecule has 2 aliphatic heterocycles. The van der Waals surface area contributed by atoms with Gasteiger partial charge in [0.2, 0.25) is 0 Å². The molecule has 2 fully saturated rings. The van der Waals surface area contributed by atoms with Gasteiger partial charge in [-0.3, -0.25) is 4.79 Å². The van der Waals surface area contributed by atoms with Crippen LogP contribution in [0.25, 0.3) is 10.8 Å². The molecule has 0 aromatic heterocycles. The summed E-state index contributed by atoms with van der Waals surface area (Å²) < 4.78 is 17.9. The first-order valence-electron chi connectivity index (χ1n) is 13.5. The van der Waals surface area contributed by atoms with E-state index >= 15 is 0 Å². The van der Waals surface area contributed by atoms with E-state index in [2.05, 4.69) is 24.6 Å². The van der Waals surface area contributed by atoms with Crippen LogP contribution in [0.15, 0.2) is 61.2 Å². The summed E-state index contributed by atoms with van der Waals surface area (Å²) in [6, 6.07) is 16.3. The van der Waals surface area contributed by atoms with Gasteiger partial charge >= 0.3 is 5.97 Å². The van der Waals surface area contributed by atoms with Crippen molar-refractivity contribution in [1.82, 2.24) is 4.90 Å². The summed E-state index contributed by atoms with van der Waals surface area (Å²) in [4.78, 5) is 15.9. The Hall–Kier alpha value is -3.35. The Morgan fingerprint density at radius 2 is 2.00 bits per heavy atom. The van der Waals surface area contributed by atoms with E-state index in [1.54, 1.807) is 13.2 Å². The minimum absolute atomic E-state index is 0.260. The third-order valence-corrected chi connectivity index (χ3v) is 9.75. The molecule has 6 nitrogen and oxygen atoms in total. The molecule has 0 radical (unpaired) electrons. The number of aliphatic hydroxyl groups excluding tert-OH is 1. The standard InChI is InChI=1S/C32H33NO5/c1-5-25(34)30-32-15-22-16-33(3)24(27(22)32)14-21-9-11-26(29(38-30)28(21)32)37-31(35)17(2)18-6-7-20-13-23(36-4)10-8-19(20)12-18/h5-13,17,22,24-25,27,30,34H,1,14-16H2,2-4H3/t17?,22?,24-,25+,27+,30+,32+/m1/s1. The molecule has 1 N–H and O–H groups in total. The van der Waals surface area contributed by atoms with Crippen LogP contribution in [0.5, 0.6) is 17.2 Å². The van der Waals surface area contributed by atoms with Gasteiger partial charge in [0, 0.05) is 23.6 Å². The van der Waals surface area contributed by atoms with Crippen molar-refractivity contribution in [2.45, 2.75) is 49.3 Å². The van der Waals surface area contributed by atoms with Crippen molar-refractivity contribution in [2.75, 3.05) is 20.7 Å². The van der Waals surface area contributed by atoms with E-state index in [1.165, 1.54) is 5.56 Å². The summed E-state index contributed by atoms with van der Waals surface area (Å²) in [5.41, 5.74) is 3.02. The molecule has 3 aromatic carbocycles. The molecule has 6 heteroatoms. The van der Waals surface area contributed by atoms with E-state index in [0.717, 1.165) is 47.0 Å². The summed E-state index contributed by atoms with van der Waals surface area (Å²) >= 11 is 0. The molecule has 7 atom stereocenters. The zero-order chi connectivity index (χ0) is 26.3. The number of hydrogen-bond donors (Lipinski definition) is 1. The number of rotatable bonds is 6. The summed E-state index contributed by atoms with van der Waals surface area (Å²) in [7, 11) is 3.86. The van der Waals surface area contributed by atoms with Gasteiger partial charge in [-0.2, -0.15) is 0 Å². The molecule has 2 heterocycles. The fourth-order valence-electron chi connectivity index (χ4n) is 7.98. The molecule has 2 unspecified atom stereocenters. The maximum atomic E-state index is 13.4. The Morgan fingerprint density at radius 1 is 1.21 bits per heavy atom. The zero-order valence-corrected chi connectivity index (χ0v) is 22.0. The highest BCUT2D eigenvalue weighted by Gasteiger charge is 2.72. The van der Waals surface area contributed by atoms with Gasteiger partial charge in [-0.1, -0.05) is 36.4 Å².